The molecule has 1 amide bonds. The predicted octanol–water partition coefficient (Wildman–Crippen LogP) is 2.33. The van der Waals surface area contributed by atoms with Gasteiger partial charge in [0, 0.05) is 45.7 Å². The maximum absolute atomic E-state index is 12.3. The highest BCUT2D eigenvalue weighted by atomic mass is 19.4. The molecule has 2 aromatic heterocycles. The molecule has 1 fully saturated rings. The van der Waals surface area contributed by atoms with Gasteiger partial charge >= 0.3 is 12.1 Å². The molecular formula is C21H27F3N4O5. The number of carbonyl (C=O) groups excluding carboxylic acids is 1. The standard InChI is InChI=1S/C19H26N4O3.C2HF3O2/c1-22-7-2-3-16(22)19(24)20-11-17-18-15(6-10-26-17)13-23(21-18)12-14-4-8-25-9-5-14;3-2(4,5)1(6)7/h2-3,7,13-14,17H,4-6,8-12H2,1H3,(H,20,24);(H,6,7). The Morgan fingerprint density at radius 2 is 1.97 bits per heavy atom. The van der Waals surface area contributed by atoms with Crippen molar-refractivity contribution < 1.29 is 37.3 Å². The summed E-state index contributed by atoms with van der Waals surface area (Å²) in [7, 11) is 1.86. The first-order valence-corrected chi connectivity index (χ1v) is 10.6. The highest BCUT2D eigenvalue weighted by molar-refractivity contribution is 5.92. The summed E-state index contributed by atoms with van der Waals surface area (Å²) in [6, 6.07) is 3.67. The fourth-order valence-electron chi connectivity index (χ4n) is 3.75. The summed E-state index contributed by atoms with van der Waals surface area (Å²) in [5.74, 6) is -2.22. The van der Waals surface area contributed by atoms with Crippen molar-refractivity contribution in [2.45, 2.75) is 38.1 Å². The molecule has 2 aliphatic heterocycles. The van der Waals surface area contributed by atoms with Crippen molar-refractivity contribution in [1.29, 1.82) is 0 Å². The van der Waals surface area contributed by atoms with Crippen molar-refractivity contribution in [3.05, 3.63) is 41.5 Å². The molecule has 1 atom stereocenters. The van der Waals surface area contributed by atoms with E-state index in [0.717, 1.165) is 44.7 Å². The van der Waals surface area contributed by atoms with E-state index in [9.17, 15) is 18.0 Å². The van der Waals surface area contributed by atoms with Crippen LogP contribution in [-0.4, -0.2) is 63.9 Å². The number of carboxylic acid groups (broad SMARTS) is 1. The van der Waals surface area contributed by atoms with Gasteiger partial charge in [0.2, 0.25) is 0 Å². The van der Waals surface area contributed by atoms with E-state index in [1.807, 2.05) is 29.9 Å². The number of amides is 1. The Morgan fingerprint density at radius 1 is 1.27 bits per heavy atom. The monoisotopic (exact) mass is 472 g/mol. The third-order valence-corrected chi connectivity index (χ3v) is 5.52. The van der Waals surface area contributed by atoms with E-state index in [1.54, 1.807) is 0 Å². The molecule has 4 rings (SSSR count). The van der Waals surface area contributed by atoms with Crippen LogP contribution in [0.15, 0.2) is 24.5 Å². The largest absolute Gasteiger partial charge is 0.490 e. The Labute approximate surface area is 188 Å². The van der Waals surface area contributed by atoms with Crippen LogP contribution in [0.4, 0.5) is 13.2 Å². The van der Waals surface area contributed by atoms with Crippen LogP contribution >= 0.6 is 0 Å². The summed E-state index contributed by atoms with van der Waals surface area (Å²) in [5.41, 5.74) is 2.85. The summed E-state index contributed by atoms with van der Waals surface area (Å²) in [6.07, 6.45) is 1.82. The summed E-state index contributed by atoms with van der Waals surface area (Å²) in [5, 5.41) is 14.9. The molecule has 2 aliphatic rings. The Bertz CT molecular complexity index is 950. The lowest BCUT2D eigenvalue weighted by Gasteiger charge is -2.22. The number of rotatable bonds is 5. The van der Waals surface area contributed by atoms with Crippen molar-refractivity contribution in [3.63, 3.8) is 0 Å². The molecule has 0 radical (unpaired) electrons. The zero-order valence-electron chi connectivity index (χ0n) is 18.2. The molecule has 0 saturated carbocycles. The lowest BCUT2D eigenvalue weighted by atomic mass is 10.0. The molecular weight excluding hydrogens is 445 g/mol. The number of carboxylic acids is 1. The number of ether oxygens (including phenoxy) is 2. The van der Waals surface area contributed by atoms with Crippen LogP contribution in [0.1, 0.15) is 40.7 Å². The van der Waals surface area contributed by atoms with Crippen molar-refractivity contribution in [1.82, 2.24) is 19.7 Å². The predicted molar refractivity (Wildman–Crippen MR) is 110 cm³/mol. The normalized spacial score (nSPS) is 18.7. The van der Waals surface area contributed by atoms with E-state index in [1.165, 1.54) is 5.56 Å². The molecule has 1 saturated heterocycles. The number of aromatic nitrogens is 3. The molecule has 0 bridgehead atoms. The zero-order valence-corrected chi connectivity index (χ0v) is 18.2. The first-order valence-electron chi connectivity index (χ1n) is 10.6. The van der Waals surface area contributed by atoms with Crippen molar-refractivity contribution in [3.8, 4) is 0 Å². The smallest absolute Gasteiger partial charge is 0.475 e. The van der Waals surface area contributed by atoms with Crippen LogP contribution in [0, 0.1) is 5.92 Å². The van der Waals surface area contributed by atoms with Gasteiger partial charge in [-0.05, 0) is 42.9 Å². The molecule has 12 heteroatoms. The van der Waals surface area contributed by atoms with Crippen molar-refractivity contribution in [2.75, 3.05) is 26.4 Å². The number of aryl methyl sites for hydroxylation is 1. The van der Waals surface area contributed by atoms with Crippen molar-refractivity contribution >= 4 is 11.9 Å². The van der Waals surface area contributed by atoms with Crippen molar-refractivity contribution in [2.24, 2.45) is 13.0 Å². The summed E-state index contributed by atoms with van der Waals surface area (Å²) < 4.78 is 46.9. The fraction of sp³-hybridized carbons (Fsp3) is 0.571. The third kappa shape index (κ3) is 6.81. The molecule has 2 aromatic rings. The van der Waals surface area contributed by atoms with E-state index in [2.05, 4.69) is 16.2 Å². The van der Waals surface area contributed by atoms with Gasteiger partial charge in [-0.2, -0.15) is 18.3 Å². The number of halogens is 3. The van der Waals surface area contributed by atoms with Crippen LogP contribution in [0.2, 0.25) is 0 Å². The highest BCUT2D eigenvalue weighted by Crippen LogP contribution is 2.26. The van der Waals surface area contributed by atoms with Gasteiger partial charge in [-0.3, -0.25) is 9.48 Å². The number of nitrogens with one attached hydrogen (secondary N) is 1. The van der Waals surface area contributed by atoms with Gasteiger partial charge in [0.1, 0.15) is 11.8 Å². The number of fused-ring (bicyclic) bond motifs is 1. The Hall–Kier alpha value is -2.86. The maximum atomic E-state index is 12.3. The number of nitrogens with zero attached hydrogens (tertiary/aromatic N) is 3. The molecule has 182 valence electrons. The van der Waals surface area contributed by atoms with Gasteiger partial charge in [0.25, 0.3) is 5.91 Å². The number of hydrogen-bond donors (Lipinski definition) is 2. The Morgan fingerprint density at radius 3 is 2.58 bits per heavy atom. The fourth-order valence-corrected chi connectivity index (χ4v) is 3.75. The van der Waals surface area contributed by atoms with Crippen LogP contribution < -0.4 is 5.32 Å². The molecule has 33 heavy (non-hydrogen) atoms. The van der Waals surface area contributed by atoms with Gasteiger partial charge in [0.05, 0.1) is 12.3 Å². The number of alkyl halides is 3. The van der Waals surface area contributed by atoms with Gasteiger partial charge < -0.3 is 24.5 Å². The highest BCUT2D eigenvalue weighted by Gasteiger charge is 2.38. The third-order valence-electron chi connectivity index (χ3n) is 5.52. The first-order chi connectivity index (χ1) is 15.6. The minimum atomic E-state index is -5.08. The molecule has 2 N–H and O–H groups in total. The number of carbonyl (C=O) groups is 2. The molecule has 0 aromatic carbocycles. The Kier molecular flexibility index (Phi) is 8.14. The Balaban J connectivity index is 0.000000383. The summed E-state index contributed by atoms with van der Waals surface area (Å²) >= 11 is 0. The molecule has 4 heterocycles. The maximum Gasteiger partial charge on any atom is 0.490 e. The van der Waals surface area contributed by atoms with E-state index in [-0.39, 0.29) is 12.0 Å². The van der Waals surface area contributed by atoms with Crippen LogP contribution in [0.3, 0.4) is 0 Å². The molecule has 9 nitrogen and oxygen atoms in total. The lowest BCUT2D eigenvalue weighted by molar-refractivity contribution is -0.192. The van der Waals surface area contributed by atoms with Gasteiger partial charge in [-0.15, -0.1) is 0 Å². The van der Waals surface area contributed by atoms with E-state index >= 15 is 0 Å². The average molecular weight is 472 g/mol. The second kappa shape index (κ2) is 10.8. The van der Waals surface area contributed by atoms with E-state index in [0.29, 0.717) is 24.8 Å². The molecule has 1 unspecified atom stereocenters. The van der Waals surface area contributed by atoms with Crippen LogP contribution in [0.5, 0.6) is 0 Å². The van der Waals surface area contributed by atoms with Crippen LogP contribution in [0.25, 0.3) is 0 Å². The lowest BCUT2D eigenvalue weighted by Crippen LogP contribution is -2.32. The molecule has 0 spiro atoms. The summed E-state index contributed by atoms with van der Waals surface area (Å²) in [4.78, 5) is 21.2. The zero-order chi connectivity index (χ0) is 24.0. The van der Waals surface area contributed by atoms with E-state index < -0.39 is 12.1 Å². The first kappa shape index (κ1) is 24.8. The van der Waals surface area contributed by atoms with Gasteiger partial charge in [0.15, 0.2) is 0 Å². The second-order valence-electron chi connectivity index (χ2n) is 7.94. The van der Waals surface area contributed by atoms with Crippen LogP contribution in [-0.2, 0) is 34.3 Å². The minimum absolute atomic E-state index is 0.0881. The minimum Gasteiger partial charge on any atom is -0.475 e. The number of hydrogen-bond acceptors (Lipinski definition) is 5. The SMILES string of the molecule is Cn1cccc1C(=O)NCC1OCCc2cn(CC3CCOCC3)nc21.O=C(O)C(F)(F)F. The second-order valence-corrected chi connectivity index (χ2v) is 7.94. The van der Waals surface area contributed by atoms with E-state index in [4.69, 9.17) is 24.5 Å². The quantitative estimate of drug-likeness (QED) is 0.692. The van der Waals surface area contributed by atoms with Gasteiger partial charge in [-0.25, -0.2) is 4.79 Å². The van der Waals surface area contributed by atoms with Gasteiger partial charge in [-0.1, -0.05) is 0 Å². The molecule has 0 aliphatic carbocycles. The topological polar surface area (TPSA) is 108 Å². The average Bonchev–Trinajstić information content (AvgIpc) is 3.38. The number of aliphatic carboxylic acids is 1. The summed E-state index contributed by atoms with van der Waals surface area (Å²) in [6.45, 7) is 3.73.